The van der Waals surface area contributed by atoms with E-state index in [1.54, 1.807) is 6.08 Å². The fourth-order valence-electron chi connectivity index (χ4n) is 2.64. The molecule has 0 heterocycles. The topological polar surface area (TPSA) is 72.8 Å². The van der Waals surface area contributed by atoms with Crippen molar-refractivity contribution in [1.82, 2.24) is 0 Å². The van der Waals surface area contributed by atoms with E-state index < -0.39 is 19.3 Å². The second-order valence-corrected chi connectivity index (χ2v) is 11.1. The molecule has 1 aromatic rings. The molecule has 0 radical (unpaired) electrons. The Morgan fingerprint density at radius 3 is 2.22 bits per heavy atom. The highest BCUT2D eigenvalue weighted by atomic mass is 79.9. The fourth-order valence-corrected chi connectivity index (χ4v) is 4.92. The van der Waals surface area contributed by atoms with Gasteiger partial charge in [-0.15, -0.1) is 0 Å². The lowest BCUT2D eigenvalue weighted by Crippen LogP contribution is -2.52. The van der Waals surface area contributed by atoms with Gasteiger partial charge in [-0.1, -0.05) is 76.3 Å². The Kier molecular flexibility index (Phi) is 6.98. The number of benzene rings is 1. The van der Waals surface area contributed by atoms with Gasteiger partial charge in [0.15, 0.2) is 5.78 Å². The summed E-state index contributed by atoms with van der Waals surface area (Å²) in [5, 5.41) is 4.28. The van der Waals surface area contributed by atoms with Gasteiger partial charge >= 0.3 is 10.1 Å². The summed E-state index contributed by atoms with van der Waals surface area (Å²) < 4.78 is 28.7. The molecule has 1 aromatic carbocycles. The molecule has 0 saturated heterocycles. The van der Waals surface area contributed by atoms with Gasteiger partial charge in [0.05, 0.1) is 10.5 Å². The van der Waals surface area contributed by atoms with Crippen molar-refractivity contribution in [3.8, 4) is 0 Å². The van der Waals surface area contributed by atoms with Gasteiger partial charge in [-0.25, -0.2) is 0 Å². The largest absolute Gasteiger partial charge is 0.358 e. The average Bonchev–Trinajstić information content (AvgIpc) is 2.59. The smallest absolute Gasteiger partial charge is 0.293 e. The predicted octanol–water partition coefficient (Wildman–Crippen LogP) is 5.12. The van der Waals surface area contributed by atoms with Gasteiger partial charge in [-0.2, -0.15) is 8.42 Å². The Bertz CT molecular complexity index is 894. The number of nitrogens with zero attached hydrogens (tertiary/aromatic N) is 1. The summed E-state index contributed by atoms with van der Waals surface area (Å²) in [6, 6.07) is 5.59. The third-order valence-electron chi connectivity index (χ3n) is 4.35. The fraction of sp³-hybridized carbons (Fsp3) is 0.444. The quantitative estimate of drug-likeness (QED) is 0.383. The Balaban J connectivity index is 2.45. The van der Waals surface area contributed by atoms with Gasteiger partial charge in [0.25, 0.3) is 0 Å². The Morgan fingerprint density at radius 2 is 1.74 bits per heavy atom. The van der Waals surface area contributed by atoms with Gasteiger partial charge in [0.1, 0.15) is 9.22 Å². The second-order valence-electron chi connectivity index (χ2n) is 6.87. The third kappa shape index (κ3) is 4.49. The van der Waals surface area contributed by atoms with Crippen LogP contribution in [-0.4, -0.2) is 29.1 Å². The number of hydrogen-bond acceptors (Lipinski definition) is 5. The number of rotatable bonds is 5. The van der Waals surface area contributed by atoms with E-state index in [-0.39, 0.29) is 22.5 Å². The highest BCUT2D eigenvalue weighted by molar-refractivity contribution is 9.13. The SMILES string of the molecule is CC(C)C1=C/C(=N/OS(=O)(=O)c2ccc(Cl)cc2)C(Br)C(Br)(C(C)C)C1=O. The molecule has 5 nitrogen and oxygen atoms in total. The van der Waals surface area contributed by atoms with Gasteiger partial charge in [0, 0.05) is 10.6 Å². The number of oxime groups is 1. The van der Waals surface area contributed by atoms with Crippen LogP contribution in [0.1, 0.15) is 27.7 Å². The summed E-state index contributed by atoms with van der Waals surface area (Å²) in [5.74, 6) is -0.171. The first-order valence-electron chi connectivity index (χ1n) is 8.27. The number of alkyl halides is 2. The monoisotopic (exact) mass is 539 g/mol. The zero-order chi connectivity index (χ0) is 20.6. The van der Waals surface area contributed by atoms with Crippen LogP contribution >= 0.6 is 43.5 Å². The van der Waals surface area contributed by atoms with E-state index in [0.29, 0.717) is 16.3 Å². The minimum atomic E-state index is -4.11. The number of Topliss-reactive ketones (excluding diaryl/α,β-unsaturated/α-hetero) is 1. The standard InChI is InChI=1S/C18H20Br2ClNO4S/c1-10(2)14-9-15(16(19)18(20,11(3)4)17(14)23)22-26-27(24,25)13-7-5-12(21)6-8-13/h5-11,16H,1-4H3/b22-15-. The first-order valence-corrected chi connectivity index (χ1v) is 11.8. The number of carbonyl (C=O) groups is 1. The minimum Gasteiger partial charge on any atom is -0.293 e. The van der Waals surface area contributed by atoms with Crippen LogP contribution in [0.15, 0.2) is 46.0 Å². The summed E-state index contributed by atoms with van der Waals surface area (Å²) in [7, 11) is -4.11. The number of carbonyl (C=O) groups excluding carboxylic acids is 1. The van der Waals surface area contributed by atoms with Crippen LogP contribution in [0.25, 0.3) is 0 Å². The van der Waals surface area contributed by atoms with E-state index in [2.05, 4.69) is 37.0 Å². The van der Waals surface area contributed by atoms with E-state index >= 15 is 0 Å². The maximum atomic E-state index is 13.0. The highest BCUT2D eigenvalue weighted by Gasteiger charge is 2.51. The number of allylic oxidation sites excluding steroid dienone is 2. The molecule has 0 bridgehead atoms. The van der Waals surface area contributed by atoms with E-state index in [0.717, 1.165) is 0 Å². The average molecular weight is 542 g/mol. The summed E-state index contributed by atoms with van der Waals surface area (Å²) in [6.45, 7) is 7.62. The van der Waals surface area contributed by atoms with E-state index in [4.69, 9.17) is 15.9 Å². The van der Waals surface area contributed by atoms with Gasteiger partial charge < -0.3 is 0 Å². The lowest BCUT2D eigenvalue weighted by Gasteiger charge is -2.39. The van der Waals surface area contributed by atoms with Crippen molar-refractivity contribution in [1.29, 1.82) is 0 Å². The van der Waals surface area contributed by atoms with E-state index in [1.807, 2.05) is 27.7 Å². The molecular weight excluding hydrogens is 522 g/mol. The molecule has 0 N–H and O–H groups in total. The van der Waals surface area contributed by atoms with Crippen molar-refractivity contribution < 1.29 is 17.5 Å². The van der Waals surface area contributed by atoms with Crippen LogP contribution in [-0.2, 0) is 19.2 Å². The van der Waals surface area contributed by atoms with Crippen molar-refractivity contribution >= 4 is 65.1 Å². The van der Waals surface area contributed by atoms with Crippen LogP contribution in [0.3, 0.4) is 0 Å². The van der Waals surface area contributed by atoms with Crippen LogP contribution in [0.2, 0.25) is 5.02 Å². The summed E-state index contributed by atoms with van der Waals surface area (Å²) in [4.78, 5) is 12.4. The van der Waals surface area contributed by atoms with Gasteiger partial charge in [-0.05, 0) is 42.2 Å². The zero-order valence-corrected chi connectivity index (χ0v) is 20.0. The van der Waals surface area contributed by atoms with Gasteiger partial charge in [-0.3, -0.25) is 9.08 Å². The van der Waals surface area contributed by atoms with E-state index in [9.17, 15) is 13.2 Å². The molecule has 0 aliphatic heterocycles. The second kappa shape index (κ2) is 8.35. The molecule has 0 amide bonds. The molecule has 9 heteroatoms. The molecule has 0 aromatic heterocycles. The maximum absolute atomic E-state index is 13.0. The Hall–Kier alpha value is -0.700. The first-order chi connectivity index (χ1) is 12.4. The molecule has 2 atom stereocenters. The minimum absolute atomic E-state index is 0.0473. The molecular formula is C18H20Br2ClNO4S. The summed E-state index contributed by atoms with van der Waals surface area (Å²) >= 11 is 12.9. The van der Waals surface area contributed by atoms with Crippen molar-refractivity contribution in [2.24, 2.45) is 17.0 Å². The van der Waals surface area contributed by atoms with E-state index in [1.165, 1.54) is 24.3 Å². The first kappa shape index (κ1) is 22.6. The van der Waals surface area contributed by atoms with Crippen LogP contribution in [0, 0.1) is 11.8 Å². The number of hydrogen-bond donors (Lipinski definition) is 0. The summed E-state index contributed by atoms with van der Waals surface area (Å²) in [6.07, 6.45) is 1.59. The molecule has 0 spiro atoms. The van der Waals surface area contributed by atoms with Crippen molar-refractivity contribution in [3.05, 3.63) is 40.9 Å². The molecule has 1 aliphatic carbocycles. The van der Waals surface area contributed by atoms with Crippen LogP contribution in [0.5, 0.6) is 0 Å². The van der Waals surface area contributed by atoms with Crippen molar-refractivity contribution in [3.63, 3.8) is 0 Å². The molecule has 148 valence electrons. The number of ketones is 1. The third-order valence-corrected chi connectivity index (χ3v) is 9.26. The lowest BCUT2D eigenvalue weighted by atomic mass is 9.76. The Labute approximate surface area is 181 Å². The van der Waals surface area contributed by atoms with Crippen LogP contribution in [0.4, 0.5) is 0 Å². The maximum Gasteiger partial charge on any atom is 0.358 e. The normalized spacial score (nSPS) is 25.2. The molecule has 0 fully saturated rings. The van der Waals surface area contributed by atoms with Crippen molar-refractivity contribution in [2.75, 3.05) is 0 Å². The molecule has 27 heavy (non-hydrogen) atoms. The zero-order valence-electron chi connectivity index (χ0n) is 15.2. The van der Waals surface area contributed by atoms with Gasteiger partial charge in [0.2, 0.25) is 0 Å². The highest BCUT2D eigenvalue weighted by Crippen LogP contribution is 2.43. The molecule has 0 saturated carbocycles. The predicted molar refractivity (Wildman–Crippen MR) is 114 cm³/mol. The van der Waals surface area contributed by atoms with Crippen molar-refractivity contribution in [2.45, 2.75) is 41.7 Å². The molecule has 2 rings (SSSR count). The number of halogens is 3. The molecule has 1 aliphatic rings. The summed E-state index contributed by atoms with van der Waals surface area (Å²) in [5.41, 5.74) is 0.879. The van der Waals surface area contributed by atoms with Crippen LogP contribution < -0.4 is 0 Å². The Morgan fingerprint density at radius 1 is 1.19 bits per heavy atom. The molecule has 2 unspecified atom stereocenters. The lowest BCUT2D eigenvalue weighted by molar-refractivity contribution is -0.118.